The van der Waals surface area contributed by atoms with Gasteiger partial charge in [0.15, 0.2) is 6.10 Å². The van der Waals surface area contributed by atoms with Crippen LogP contribution in [0.3, 0.4) is 0 Å². The van der Waals surface area contributed by atoms with Crippen LogP contribution < -0.4 is 4.74 Å². The molecule has 0 heterocycles. The molecule has 1 N–H and O–H groups in total. The van der Waals surface area contributed by atoms with Gasteiger partial charge >= 0.3 is 18.1 Å². The topological polar surface area (TPSA) is 72.8 Å². The number of phenols is 1. The Morgan fingerprint density at radius 2 is 1.23 bits per heavy atom. The maximum Gasteiger partial charge on any atom is 0.425 e. The second kappa shape index (κ2) is 8.91. The van der Waals surface area contributed by atoms with Crippen molar-refractivity contribution in [1.29, 1.82) is 0 Å². The highest BCUT2D eigenvalue weighted by atomic mass is 19.4. The average Bonchev–Trinajstić information content (AvgIpc) is 2.74. The fourth-order valence-corrected chi connectivity index (χ4v) is 2.57. The van der Waals surface area contributed by atoms with Crippen molar-refractivity contribution in [3.63, 3.8) is 0 Å². The van der Waals surface area contributed by atoms with Gasteiger partial charge in [0.1, 0.15) is 11.5 Å². The molecule has 0 aliphatic carbocycles. The van der Waals surface area contributed by atoms with E-state index in [1.54, 1.807) is 36.4 Å². The van der Waals surface area contributed by atoms with Crippen LogP contribution in [0.2, 0.25) is 0 Å². The van der Waals surface area contributed by atoms with E-state index in [0.717, 1.165) is 12.5 Å². The van der Waals surface area contributed by atoms with Gasteiger partial charge in [-0.15, -0.1) is 0 Å². The van der Waals surface area contributed by atoms with Gasteiger partial charge in [-0.3, -0.25) is 0 Å². The predicted molar refractivity (Wildman–Crippen MR) is 106 cm³/mol. The fraction of sp³-hybridized carbons (Fsp3) is 0.130. The number of hydrogen-bond donors (Lipinski definition) is 1. The van der Waals surface area contributed by atoms with Crippen LogP contribution in [0.1, 0.15) is 27.6 Å². The van der Waals surface area contributed by atoms with Gasteiger partial charge in [0, 0.05) is 0 Å². The Hall–Kier alpha value is -3.81. The second-order valence-electron chi connectivity index (χ2n) is 6.63. The van der Waals surface area contributed by atoms with Gasteiger partial charge in [0.25, 0.3) is 0 Å². The molecule has 160 valence electrons. The van der Waals surface area contributed by atoms with Crippen molar-refractivity contribution in [2.45, 2.75) is 19.2 Å². The van der Waals surface area contributed by atoms with E-state index in [1.165, 1.54) is 36.4 Å². The molecule has 3 aromatic rings. The highest BCUT2D eigenvalue weighted by molar-refractivity contribution is 5.91. The Bertz CT molecular complexity index is 1060. The molecule has 3 rings (SSSR count). The SMILES string of the molecule is CC(OC(=O)c1ccc(-c2ccc(OC(=O)c3ccc(O)cc3)cc2)cc1)C(F)(F)F. The Kier molecular flexibility index (Phi) is 6.29. The Balaban J connectivity index is 1.65. The van der Waals surface area contributed by atoms with Crippen molar-refractivity contribution in [1.82, 2.24) is 0 Å². The van der Waals surface area contributed by atoms with Crippen molar-refractivity contribution >= 4 is 11.9 Å². The van der Waals surface area contributed by atoms with Gasteiger partial charge in [0.05, 0.1) is 11.1 Å². The lowest BCUT2D eigenvalue weighted by Gasteiger charge is -2.16. The number of aromatic hydroxyl groups is 1. The summed E-state index contributed by atoms with van der Waals surface area (Å²) in [7, 11) is 0. The first-order valence-corrected chi connectivity index (χ1v) is 9.13. The molecular formula is C23H17F3O5. The van der Waals surface area contributed by atoms with Crippen LogP contribution in [-0.4, -0.2) is 29.3 Å². The number of phenolic OH excluding ortho intramolecular Hbond substituents is 1. The van der Waals surface area contributed by atoms with Crippen molar-refractivity contribution in [3.05, 3.63) is 83.9 Å². The molecule has 3 aromatic carbocycles. The van der Waals surface area contributed by atoms with E-state index >= 15 is 0 Å². The molecule has 0 radical (unpaired) electrons. The minimum atomic E-state index is -4.62. The van der Waals surface area contributed by atoms with Crippen LogP contribution in [0, 0.1) is 0 Å². The van der Waals surface area contributed by atoms with E-state index in [2.05, 4.69) is 4.74 Å². The van der Waals surface area contributed by atoms with E-state index in [-0.39, 0.29) is 16.9 Å². The van der Waals surface area contributed by atoms with Crippen molar-refractivity contribution in [3.8, 4) is 22.6 Å². The monoisotopic (exact) mass is 430 g/mol. The van der Waals surface area contributed by atoms with Gasteiger partial charge in [-0.05, 0) is 66.6 Å². The van der Waals surface area contributed by atoms with E-state index < -0.39 is 24.2 Å². The third-order valence-corrected chi connectivity index (χ3v) is 4.37. The summed E-state index contributed by atoms with van der Waals surface area (Å²) in [5.41, 5.74) is 1.73. The largest absolute Gasteiger partial charge is 0.508 e. The number of carbonyl (C=O) groups is 2. The number of alkyl halides is 3. The average molecular weight is 430 g/mol. The number of rotatable bonds is 5. The summed E-state index contributed by atoms with van der Waals surface area (Å²) < 4.78 is 47.2. The molecular weight excluding hydrogens is 413 g/mol. The van der Waals surface area contributed by atoms with Crippen LogP contribution in [0.4, 0.5) is 13.2 Å². The number of hydrogen-bond acceptors (Lipinski definition) is 5. The Morgan fingerprint density at radius 3 is 1.74 bits per heavy atom. The molecule has 1 atom stereocenters. The van der Waals surface area contributed by atoms with Gasteiger partial charge in [0.2, 0.25) is 0 Å². The van der Waals surface area contributed by atoms with Crippen LogP contribution in [0.5, 0.6) is 11.5 Å². The highest BCUT2D eigenvalue weighted by Crippen LogP contribution is 2.26. The van der Waals surface area contributed by atoms with E-state index in [0.29, 0.717) is 11.3 Å². The minimum absolute atomic E-state index is 0.000650. The molecule has 0 saturated carbocycles. The molecule has 1 unspecified atom stereocenters. The summed E-state index contributed by atoms with van der Waals surface area (Å²) in [6, 6.07) is 18.1. The number of halogens is 3. The lowest BCUT2D eigenvalue weighted by Crippen LogP contribution is -2.30. The highest BCUT2D eigenvalue weighted by Gasteiger charge is 2.39. The molecule has 0 amide bonds. The molecule has 5 nitrogen and oxygen atoms in total. The number of esters is 2. The molecule has 0 aromatic heterocycles. The normalized spacial score (nSPS) is 12.1. The molecule has 0 fully saturated rings. The van der Waals surface area contributed by atoms with Gasteiger partial charge in [-0.1, -0.05) is 24.3 Å². The molecule has 0 saturated heterocycles. The summed E-state index contributed by atoms with van der Waals surface area (Å²) >= 11 is 0. The maximum atomic E-state index is 12.5. The zero-order valence-corrected chi connectivity index (χ0v) is 16.2. The first-order valence-electron chi connectivity index (χ1n) is 9.13. The Labute approximate surface area is 175 Å². The summed E-state index contributed by atoms with van der Waals surface area (Å²) in [5.74, 6) is -1.30. The third-order valence-electron chi connectivity index (χ3n) is 4.37. The summed E-state index contributed by atoms with van der Waals surface area (Å²) in [5, 5.41) is 9.26. The molecule has 8 heteroatoms. The van der Waals surface area contributed by atoms with Crippen LogP contribution >= 0.6 is 0 Å². The first kappa shape index (κ1) is 21.9. The molecule has 31 heavy (non-hydrogen) atoms. The zero-order chi connectivity index (χ0) is 22.6. The molecule has 0 aliphatic heterocycles. The maximum absolute atomic E-state index is 12.5. The number of ether oxygens (including phenoxy) is 2. The van der Waals surface area contributed by atoms with Crippen molar-refractivity contribution in [2.24, 2.45) is 0 Å². The van der Waals surface area contributed by atoms with E-state index in [9.17, 15) is 27.9 Å². The summed E-state index contributed by atoms with van der Waals surface area (Å²) in [6.45, 7) is 0.766. The number of benzene rings is 3. The van der Waals surface area contributed by atoms with Gasteiger partial charge in [-0.2, -0.15) is 13.2 Å². The van der Waals surface area contributed by atoms with Crippen LogP contribution in [0.15, 0.2) is 72.8 Å². The Morgan fingerprint density at radius 1 is 0.774 bits per heavy atom. The van der Waals surface area contributed by atoms with Gasteiger partial charge in [-0.25, -0.2) is 9.59 Å². The van der Waals surface area contributed by atoms with E-state index in [1.807, 2.05) is 0 Å². The fourth-order valence-electron chi connectivity index (χ4n) is 2.57. The lowest BCUT2D eigenvalue weighted by atomic mass is 10.0. The lowest BCUT2D eigenvalue weighted by molar-refractivity contribution is -0.198. The van der Waals surface area contributed by atoms with Gasteiger partial charge < -0.3 is 14.6 Å². The smallest absolute Gasteiger partial charge is 0.425 e. The first-order chi connectivity index (χ1) is 14.6. The number of carbonyl (C=O) groups excluding carboxylic acids is 2. The quantitative estimate of drug-likeness (QED) is 0.434. The predicted octanol–water partition coefficient (Wildman–Crippen LogP) is 5.39. The van der Waals surface area contributed by atoms with Crippen molar-refractivity contribution < 1.29 is 37.3 Å². The summed E-state index contributed by atoms with van der Waals surface area (Å²) in [4.78, 5) is 23.9. The minimum Gasteiger partial charge on any atom is -0.508 e. The standard InChI is InChI=1S/C23H17F3O5/c1-14(23(24,25)26)30-21(28)17-4-2-15(3-5-17)16-8-12-20(13-9-16)31-22(29)18-6-10-19(27)11-7-18/h2-14,27H,1H3. The molecule has 0 aliphatic rings. The van der Waals surface area contributed by atoms with Crippen molar-refractivity contribution in [2.75, 3.05) is 0 Å². The zero-order valence-electron chi connectivity index (χ0n) is 16.2. The molecule has 0 spiro atoms. The van der Waals surface area contributed by atoms with E-state index in [4.69, 9.17) is 4.74 Å². The summed E-state index contributed by atoms with van der Waals surface area (Å²) in [6.07, 6.45) is -6.82. The third kappa shape index (κ3) is 5.63. The molecule has 0 bridgehead atoms. The van der Waals surface area contributed by atoms with Crippen LogP contribution in [-0.2, 0) is 4.74 Å². The second-order valence-corrected chi connectivity index (χ2v) is 6.63. The van der Waals surface area contributed by atoms with Crippen LogP contribution in [0.25, 0.3) is 11.1 Å².